The van der Waals surface area contributed by atoms with Gasteiger partial charge in [0.05, 0.1) is 5.69 Å². The number of rotatable bonds is 3. The van der Waals surface area contributed by atoms with Gasteiger partial charge in [0.25, 0.3) is 0 Å². The molecule has 7 N–H and O–H groups in total. The van der Waals surface area contributed by atoms with Crippen LogP contribution in [0.3, 0.4) is 0 Å². The van der Waals surface area contributed by atoms with Crippen LogP contribution in [0.15, 0.2) is 29.3 Å². The van der Waals surface area contributed by atoms with E-state index in [0.29, 0.717) is 11.3 Å². The molecule has 0 fully saturated rings. The zero-order valence-electron chi connectivity index (χ0n) is 7.92. The Morgan fingerprint density at radius 1 is 1.40 bits per heavy atom. The summed E-state index contributed by atoms with van der Waals surface area (Å²) in [6.07, 6.45) is 0. The minimum Gasteiger partial charge on any atom is -0.480 e. The maximum Gasteiger partial charge on any atom is 0.325 e. The van der Waals surface area contributed by atoms with Gasteiger partial charge in [-0.3, -0.25) is 4.79 Å². The van der Waals surface area contributed by atoms with Crippen molar-refractivity contribution in [2.45, 2.75) is 6.04 Å². The largest absolute Gasteiger partial charge is 0.480 e. The second kappa shape index (κ2) is 4.43. The SMILES string of the molecule is NC(N)=Nc1cccc([C@H](N)C(=O)O)c1. The zero-order chi connectivity index (χ0) is 11.4. The van der Waals surface area contributed by atoms with Crippen molar-refractivity contribution in [2.75, 3.05) is 0 Å². The fourth-order valence-corrected chi connectivity index (χ4v) is 1.08. The topological polar surface area (TPSA) is 128 Å². The lowest BCUT2D eigenvalue weighted by molar-refractivity contribution is -0.138. The Balaban J connectivity index is 3.02. The average Bonchev–Trinajstić information content (AvgIpc) is 2.16. The number of carboxylic acid groups (broad SMARTS) is 1. The fraction of sp³-hybridized carbons (Fsp3) is 0.111. The van der Waals surface area contributed by atoms with Gasteiger partial charge >= 0.3 is 5.97 Å². The molecule has 0 saturated heterocycles. The number of aliphatic carboxylic acids is 1. The van der Waals surface area contributed by atoms with Crippen molar-refractivity contribution < 1.29 is 9.90 Å². The molecular weight excluding hydrogens is 196 g/mol. The van der Waals surface area contributed by atoms with Crippen LogP contribution in [0.2, 0.25) is 0 Å². The summed E-state index contributed by atoms with van der Waals surface area (Å²) < 4.78 is 0. The summed E-state index contributed by atoms with van der Waals surface area (Å²) in [6, 6.07) is 5.35. The first-order valence-electron chi connectivity index (χ1n) is 4.18. The van der Waals surface area contributed by atoms with Crippen molar-refractivity contribution in [3.05, 3.63) is 29.8 Å². The molecule has 0 unspecified atom stereocenters. The maximum atomic E-state index is 10.6. The van der Waals surface area contributed by atoms with E-state index >= 15 is 0 Å². The van der Waals surface area contributed by atoms with Crippen LogP contribution in [-0.2, 0) is 4.79 Å². The van der Waals surface area contributed by atoms with E-state index in [1.807, 2.05) is 0 Å². The summed E-state index contributed by atoms with van der Waals surface area (Å²) in [5.74, 6) is -1.19. The molecule has 15 heavy (non-hydrogen) atoms. The first-order valence-corrected chi connectivity index (χ1v) is 4.18. The standard InChI is InChI=1S/C9H12N4O2/c10-7(8(14)15)5-2-1-3-6(4-5)13-9(11)12/h1-4,7H,10H2,(H,14,15)(H4,11,12,13)/t7-/m0/s1. The predicted molar refractivity (Wildman–Crippen MR) is 56.5 cm³/mol. The van der Waals surface area contributed by atoms with Crippen LogP contribution < -0.4 is 17.2 Å². The monoisotopic (exact) mass is 208 g/mol. The summed E-state index contributed by atoms with van der Waals surface area (Å²) in [7, 11) is 0. The van der Waals surface area contributed by atoms with Crippen LogP contribution >= 0.6 is 0 Å². The van der Waals surface area contributed by atoms with Crippen molar-refractivity contribution >= 4 is 17.6 Å². The van der Waals surface area contributed by atoms with E-state index in [2.05, 4.69) is 4.99 Å². The Bertz CT molecular complexity index is 399. The fourth-order valence-electron chi connectivity index (χ4n) is 1.08. The van der Waals surface area contributed by atoms with E-state index in [-0.39, 0.29) is 5.96 Å². The molecular formula is C9H12N4O2. The number of nitrogens with two attached hydrogens (primary N) is 3. The van der Waals surface area contributed by atoms with Crippen LogP contribution in [0.25, 0.3) is 0 Å². The zero-order valence-corrected chi connectivity index (χ0v) is 7.92. The highest BCUT2D eigenvalue weighted by Gasteiger charge is 2.13. The van der Waals surface area contributed by atoms with Gasteiger partial charge in [0.15, 0.2) is 5.96 Å². The molecule has 1 rings (SSSR count). The maximum absolute atomic E-state index is 10.6. The first-order chi connectivity index (χ1) is 7.00. The number of benzene rings is 1. The first kappa shape index (κ1) is 11.0. The van der Waals surface area contributed by atoms with Gasteiger partial charge in [-0.1, -0.05) is 12.1 Å². The molecule has 0 aliphatic carbocycles. The highest BCUT2D eigenvalue weighted by molar-refractivity contribution is 5.79. The Hall–Kier alpha value is -2.08. The molecule has 6 nitrogen and oxygen atoms in total. The number of guanidine groups is 1. The van der Waals surface area contributed by atoms with Crippen LogP contribution in [0.1, 0.15) is 11.6 Å². The number of carbonyl (C=O) groups is 1. The Kier molecular flexibility index (Phi) is 3.25. The van der Waals surface area contributed by atoms with Gasteiger partial charge in [0, 0.05) is 0 Å². The predicted octanol–water partition coefficient (Wildman–Crippen LogP) is -0.324. The van der Waals surface area contributed by atoms with Crippen LogP contribution in [-0.4, -0.2) is 17.0 Å². The lowest BCUT2D eigenvalue weighted by Crippen LogP contribution is -2.22. The second-order valence-electron chi connectivity index (χ2n) is 2.95. The van der Waals surface area contributed by atoms with Gasteiger partial charge in [-0.15, -0.1) is 0 Å². The molecule has 0 bridgehead atoms. The number of aliphatic imine (C=N–C) groups is 1. The summed E-state index contributed by atoms with van der Waals surface area (Å²) in [4.78, 5) is 14.4. The average molecular weight is 208 g/mol. The molecule has 1 aromatic carbocycles. The molecule has 80 valence electrons. The lowest BCUT2D eigenvalue weighted by atomic mass is 10.1. The minimum atomic E-state index is -1.10. The van der Waals surface area contributed by atoms with E-state index in [0.717, 1.165) is 0 Å². The molecule has 0 saturated carbocycles. The van der Waals surface area contributed by atoms with Crippen molar-refractivity contribution in [1.82, 2.24) is 0 Å². The highest BCUT2D eigenvalue weighted by Crippen LogP contribution is 2.18. The summed E-state index contributed by atoms with van der Waals surface area (Å²) in [6.45, 7) is 0. The molecule has 0 heterocycles. The van der Waals surface area contributed by atoms with E-state index in [1.54, 1.807) is 18.2 Å². The quantitative estimate of drug-likeness (QED) is 0.399. The van der Waals surface area contributed by atoms with E-state index in [9.17, 15) is 4.79 Å². The smallest absolute Gasteiger partial charge is 0.325 e. The van der Waals surface area contributed by atoms with Gasteiger partial charge in [-0.05, 0) is 17.7 Å². The van der Waals surface area contributed by atoms with Gasteiger partial charge in [0.2, 0.25) is 0 Å². The van der Waals surface area contributed by atoms with Crippen molar-refractivity contribution in [1.29, 1.82) is 0 Å². The van der Waals surface area contributed by atoms with Crippen LogP contribution in [0, 0.1) is 0 Å². The Morgan fingerprint density at radius 3 is 2.60 bits per heavy atom. The van der Waals surface area contributed by atoms with Crippen LogP contribution in [0.4, 0.5) is 5.69 Å². The number of hydrogen-bond donors (Lipinski definition) is 4. The van der Waals surface area contributed by atoms with Crippen molar-refractivity contribution in [3.8, 4) is 0 Å². The van der Waals surface area contributed by atoms with E-state index < -0.39 is 12.0 Å². The molecule has 1 aromatic rings. The molecule has 0 amide bonds. The van der Waals surface area contributed by atoms with Gasteiger partial charge < -0.3 is 22.3 Å². The summed E-state index contributed by atoms with van der Waals surface area (Å²) in [5, 5.41) is 8.70. The van der Waals surface area contributed by atoms with Gasteiger partial charge in [-0.25, -0.2) is 4.99 Å². The molecule has 0 spiro atoms. The third-order valence-electron chi connectivity index (χ3n) is 1.75. The molecule has 0 aliphatic heterocycles. The summed E-state index contributed by atoms with van der Waals surface area (Å²) in [5.41, 5.74) is 16.7. The molecule has 0 radical (unpaired) electrons. The number of carboxylic acids is 1. The van der Waals surface area contributed by atoms with Crippen molar-refractivity contribution in [2.24, 2.45) is 22.2 Å². The third-order valence-corrected chi connectivity index (χ3v) is 1.75. The third kappa shape index (κ3) is 2.96. The Morgan fingerprint density at radius 2 is 2.07 bits per heavy atom. The molecule has 1 atom stereocenters. The van der Waals surface area contributed by atoms with Crippen LogP contribution in [0.5, 0.6) is 0 Å². The van der Waals surface area contributed by atoms with E-state index in [1.165, 1.54) is 6.07 Å². The normalized spacial score (nSPS) is 11.8. The Labute approximate surface area is 86.4 Å². The minimum absolute atomic E-state index is 0.0870. The highest BCUT2D eigenvalue weighted by atomic mass is 16.4. The number of nitrogens with zero attached hydrogens (tertiary/aromatic N) is 1. The molecule has 0 aromatic heterocycles. The van der Waals surface area contributed by atoms with E-state index in [4.69, 9.17) is 22.3 Å². The number of hydrogen-bond acceptors (Lipinski definition) is 3. The molecule has 6 heteroatoms. The van der Waals surface area contributed by atoms with Gasteiger partial charge in [0.1, 0.15) is 6.04 Å². The summed E-state index contributed by atoms with van der Waals surface area (Å²) >= 11 is 0. The lowest BCUT2D eigenvalue weighted by Gasteiger charge is -2.06. The second-order valence-corrected chi connectivity index (χ2v) is 2.95. The van der Waals surface area contributed by atoms with Gasteiger partial charge in [-0.2, -0.15) is 0 Å². The molecule has 0 aliphatic rings. The van der Waals surface area contributed by atoms with Crippen molar-refractivity contribution in [3.63, 3.8) is 0 Å².